The molecule has 16 heavy (non-hydrogen) atoms. The summed E-state index contributed by atoms with van der Waals surface area (Å²) in [5.41, 5.74) is 2.03. The number of ether oxygens (including phenoxy) is 1. The fourth-order valence-electron chi connectivity index (χ4n) is 1.42. The third-order valence-electron chi connectivity index (χ3n) is 2.23. The molecule has 78 valence electrons. The van der Waals surface area contributed by atoms with Crippen molar-refractivity contribution in [2.24, 2.45) is 0 Å². The standard InChI is InChI=1S/C12H9N3O/c1-16-10-4-2-9(3-5-10)11-6-7-14-15-12(11)8-13/h2-7H,1H3. The molecule has 4 nitrogen and oxygen atoms in total. The number of hydrogen-bond donors (Lipinski definition) is 0. The fraction of sp³-hybridized carbons (Fsp3) is 0.0833. The van der Waals surface area contributed by atoms with Crippen LogP contribution >= 0.6 is 0 Å². The third kappa shape index (κ3) is 1.84. The lowest BCUT2D eigenvalue weighted by atomic mass is 10.1. The molecule has 0 unspecified atom stereocenters. The van der Waals surface area contributed by atoms with Crippen LogP contribution in [0.15, 0.2) is 36.5 Å². The first-order valence-corrected chi connectivity index (χ1v) is 4.71. The molecule has 1 aromatic carbocycles. The van der Waals surface area contributed by atoms with Crippen molar-refractivity contribution in [3.63, 3.8) is 0 Å². The first-order valence-electron chi connectivity index (χ1n) is 4.71. The molecule has 0 aliphatic carbocycles. The zero-order valence-electron chi connectivity index (χ0n) is 8.71. The van der Waals surface area contributed by atoms with Crippen molar-refractivity contribution < 1.29 is 4.74 Å². The lowest BCUT2D eigenvalue weighted by molar-refractivity contribution is 0.415. The summed E-state index contributed by atoms with van der Waals surface area (Å²) in [4.78, 5) is 0. The molecule has 0 N–H and O–H groups in total. The van der Waals surface area contributed by atoms with Crippen molar-refractivity contribution in [1.82, 2.24) is 10.2 Å². The number of nitriles is 1. The van der Waals surface area contributed by atoms with Gasteiger partial charge in [-0.15, -0.1) is 5.10 Å². The summed E-state index contributed by atoms with van der Waals surface area (Å²) < 4.78 is 5.07. The zero-order chi connectivity index (χ0) is 11.4. The smallest absolute Gasteiger partial charge is 0.170 e. The van der Waals surface area contributed by atoms with Crippen LogP contribution in [0.5, 0.6) is 5.75 Å². The highest BCUT2D eigenvalue weighted by molar-refractivity contribution is 5.68. The third-order valence-corrected chi connectivity index (χ3v) is 2.23. The van der Waals surface area contributed by atoms with E-state index in [1.165, 1.54) is 0 Å². The van der Waals surface area contributed by atoms with E-state index in [-0.39, 0.29) is 0 Å². The summed E-state index contributed by atoms with van der Waals surface area (Å²) in [6, 6.07) is 11.2. The number of nitrogens with zero attached hydrogens (tertiary/aromatic N) is 3. The zero-order valence-corrected chi connectivity index (χ0v) is 8.71. The Kier molecular flexibility index (Phi) is 2.79. The van der Waals surface area contributed by atoms with Gasteiger partial charge in [0.15, 0.2) is 5.69 Å². The van der Waals surface area contributed by atoms with E-state index >= 15 is 0 Å². The normalized spacial score (nSPS) is 9.50. The Hall–Kier alpha value is -2.41. The molecule has 0 amide bonds. The highest BCUT2D eigenvalue weighted by Gasteiger charge is 2.05. The monoisotopic (exact) mass is 211 g/mol. The van der Waals surface area contributed by atoms with Gasteiger partial charge in [-0.05, 0) is 23.8 Å². The molecule has 0 saturated carbocycles. The maximum atomic E-state index is 8.90. The van der Waals surface area contributed by atoms with Gasteiger partial charge in [0, 0.05) is 5.56 Å². The average Bonchev–Trinajstić information content (AvgIpc) is 2.39. The minimum atomic E-state index is 0.327. The summed E-state index contributed by atoms with van der Waals surface area (Å²) in [5.74, 6) is 0.782. The first-order chi connectivity index (χ1) is 7.85. The second kappa shape index (κ2) is 4.41. The largest absolute Gasteiger partial charge is 0.497 e. The van der Waals surface area contributed by atoms with Crippen LogP contribution in [0.3, 0.4) is 0 Å². The molecular weight excluding hydrogens is 202 g/mol. The van der Waals surface area contributed by atoms with Gasteiger partial charge in [0.2, 0.25) is 0 Å². The van der Waals surface area contributed by atoms with E-state index in [0.717, 1.165) is 16.9 Å². The average molecular weight is 211 g/mol. The summed E-state index contributed by atoms with van der Waals surface area (Å²) in [6.07, 6.45) is 1.57. The SMILES string of the molecule is COc1ccc(-c2ccnnc2C#N)cc1. The maximum absolute atomic E-state index is 8.90. The lowest BCUT2D eigenvalue weighted by Gasteiger charge is -2.03. The van der Waals surface area contributed by atoms with Crippen LogP contribution in [0.4, 0.5) is 0 Å². The predicted molar refractivity (Wildman–Crippen MR) is 58.7 cm³/mol. The van der Waals surface area contributed by atoms with Gasteiger partial charge in [-0.2, -0.15) is 10.4 Å². The Morgan fingerprint density at radius 1 is 1.19 bits per heavy atom. The molecule has 0 bridgehead atoms. The van der Waals surface area contributed by atoms with Crippen LogP contribution in [0.25, 0.3) is 11.1 Å². The molecule has 4 heteroatoms. The van der Waals surface area contributed by atoms with Crippen molar-refractivity contribution in [2.75, 3.05) is 7.11 Å². The number of hydrogen-bond acceptors (Lipinski definition) is 4. The molecule has 0 radical (unpaired) electrons. The van der Waals surface area contributed by atoms with Gasteiger partial charge in [0.05, 0.1) is 13.3 Å². The first kappa shape index (κ1) is 10.1. The Labute approximate surface area is 93.1 Å². The summed E-state index contributed by atoms with van der Waals surface area (Å²) >= 11 is 0. The van der Waals surface area contributed by atoms with Crippen molar-refractivity contribution in [3.05, 3.63) is 42.2 Å². The van der Waals surface area contributed by atoms with E-state index in [0.29, 0.717) is 5.69 Å². The molecule has 2 aromatic rings. The Morgan fingerprint density at radius 3 is 2.56 bits per heavy atom. The van der Waals surface area contributed by atoms with Crippen molar-refractivity contribution in [2.45, 2.75) is 0 Å². The van der Waals surface area contributed by atoms with E-state index in [2.05, 4.69) is 10.2 Å². The number of aromatic nitrogens is 2. The fourth-order valence-corrected chi connectivity index (χ4v) is 1.42. The lowest BCUT2D eigenvalue weighted by Crippen LogP contribution is -1.91. The summed E-state index contributed by atoms with van der Waals surface area (Å²) in [5, 5.41) is 16.4. The van der Waals surface area contributed by atoms with Crippen LogP contribution in [-0.4, -0.2) is 17.3 Å². The van der Waals surface area contributed by atoms with Crippen LogP contribution in [-0.2, 0) is 0 Å². The minimum absolute atomic E-state index is 0.327. The van der Waals surface area contributed by atoms with Crippen LogP contribution < -0.4 is 4.74 Å². The van der Waals surface area contributed by atoms with Gasteiger partial charge in [-0.3, -0.25) is 0 Å². The second-order valence-corrected chi connectivity index (χ2v) is 3.13. The van der Waals surface area contributed by atoms with Crippen molar-refractivity contribution >= 4 is 0 Å². The number of methoxy groups -OCH3 is 1. The Bertz CT molecular complexity index is 529. The van der Waals surface area contributed by atoms with Gasteiger partial charge < -0.3 is 4.74 Å². The molecule has 2 rings (SSSR count). The molecule has 1 aromatic heterocycles. The molecular formula is C12H9N3O. The molecule has 0 fully saturated rings. The topological polar surface area (TPSA) is 58.8 Å². The highest BCUT2D eigenvalue weighted by atomic mass is 16.5. The molecule has 0 spiro atoms. The van der Waals surface area contributed by atoms with Crippen molar-refractivity contribution in [3.8, 4) is 22.9 Å². The highest BCUT2D eigenvalue weighted by Crippen LogP contribution is 2.23. The second-order valence-electron chi connectivity index (χ2n) is 3.13. The molecule has 0 atom stereocenters. The number of benzene rings is 1. The number of rotatable bonds is 2. The van der Waals surface area contributed by atoms with Gasteiger partial charge in [0.1, 0.15) is 11.8 Å². The summed E-state index contributed by atoms with van der Waals surface area (Å²) in [7, 11) is 1.61. The quantitative estimate of drug-likeness (QED) is 0.762. The molecule has 1 heterocycles. The predicted octanol–water partition coefficient (Wildman–Crippen LogP) is 2.02. The van der Waals surface area contributed by atoms with Crippen LogP contribution in [0.1, 0.15) is 5.69 Å². The van der Waals surface area contributed by atoms with E-state index < -0.39 is 0 Å². The van der Waals surface area contributed by atoms with E-state index in [9.17, 15) is 0 Å². The van der Waals surface area contributed by atoms with Gasteiger partial charge >= 0.3 is 0 Å². The Balaban J connectivity index is 2.47. The Morgan fingerprint density at radius 2 is 1.94 bits per heavy atom. The van der Waals surface area contributed by atoms with Gasteiger partial charge in [-0.1, -0.05) is 12.1 Å². The van der Waals surface area contributed by atoms with Crippen LogP contribution in [0, 0.1) is 11.3 Å². The molecule has 0 aliphatic heterocycles. The molecule has 0 aliphatic rings. The molecule has 0 saturated heterocycles. The van der Waals surface area contributed by atoms with Crippen LogP contribution in [0.2, 0.25) is 0 Å². The van der Waals surface area contributed by atoms with Gasteiger partial charge in [-0.25, -0.2) is 0 Å². The summed E-state index contributed by atoms with van der Waals surface area (Å²) in [6.45, 7) is 0. The van der Waals surface area contributed by atoms with Gasteiger partial charge in [0.25, 0.3) is 0 Å². The van der Waals surface area contributed by atoms with E-state index in [4.69, 9.17) is 10.00 Å². The van der Waals surface area contributed by atoms with Crippen molar-refractivity contribution in [1.29, 1.82) is 5.26 Å². The van der Waals surface area contributed by atoms with E-state index in [1.54, 1.807) is 19.4 Å². The van der Waals surface area contributed by atoms with E-state index in [1.807, 2.05) is 30.3 Å². The maximum Gasteiger partial charge on any atom is 0.170 e. The minimum Gasteiger partial charge on any atom is -0.497 e.